The first-order valence-electron chi connectivity index (χ1n) is 5.61. The number of thioether (sulfide) groups is 1. The Morgan fingerprint density at radius 3 is 2.67 bits per heavy atom. The average Bonchev–Trinajstić information content (AvgIpc) is 2.50. The molecule has 4 heteroatoms. The fraction of sp³-hybridized carbons (Fsp3) is 0.909. The van der Waals surface area contributed by atoms with Crippen LogP contribution >= 0.6 is 11.8 Å². The van der Waals surface area contributed by atoms with Crippen molar-refractivity contribution >= 4 is 17.7 Å². The number of carboxylic acid groups (broad SMARTS) is 1. The van der Waals surface area contributed by atoms with Crippen LogP contribution in [0, 0.1) is 5.92 Å². The van der Waals surface area contributed by atoms with Crippen molar-refractivity contribution < 1.29 is 9.90 Å². The van der Waals surface area contributed by atoms with E-state index >= 15 is 0 Å². The van der Waals surface area contributed by atoms with E-state index in [-0.39, 0.29) is 6.04 Å². The summed E-state index contributed by atoms with van der Waals surface area (Å²) in [6, 6.07) is -0.00833. The minimum absolute atomic E-state index is 0.370. The van der Waals surface area contributed by atoms with Gasteiger partial charge in [0.15, 0.2) is 0 Å². The summed E-state index contributed by atoms with van der Waals surface area (Å²) in [6.07, 6.45) is 1.80. The Morgan fingerprint density at radius 1 is 1.60 bits per heavy atom. The minimum Gasteiger partial charge on any atom is -0.480 e. The second kappa shape index (κ2) is 5.75. The molecule has 1 aliphatic rings. The fourth-order valence-electron chi connectivity index (χ4n) is 1.92. The van der Waals surface area contributed by atoms with Gasteiger partial charge < -0.3 is 10.4 Å². The third-order valence-corrected chi connectivity index (χ3v) is 4.12. The molecule has 1 saturated heterocycles. The van der Waals surface area contributed by atoms with E-state index in [9.17, 15) is 4.79 Å². The summed E-state index contributed by atoms with van der Waals surface area (Å²) in [7, 11) is 0. The zero-order valence-electron chi connectivity index (χ0n) is 9.69. The van der Waals surface area contributed by atoms with Crippen LogP contribution in [-0.2, 0) is 4.79 Å². The highest BCUT2D eigenvalue weighted by atomic mass is 32.2. The molecular weight excluding hydrogens is 210 g/mol. The molecule has 1 fully saturated rings. The molecule has 0 radical (unpaired) electrons. The van der Waals surface area contributed by atoms with E-state index in [1.165, 1.54) is 0 Å². The van der Waals surface area contributed by atoms with Gasteiger partial charge in [-0.2, -0.15) is 11.8 Å². The van der Waals surface area contributed by atoms with Crippen molar-refractivity contribution in [3.8, 4) is 0 Å². The van der Waals surface area contributed by atoms with Gasteiger partial charge >= 0.3 is 5.97 Å². The van der Waals surface area contributed by atoms with E-state index in [1.807, 2.05) is 11.8 Å². The molecule has 3 unspecified atom stereocenters. The Hall–Kier alpha value is -0.220. The largest absolute Gasteiger partial charge is 0.480 e. The first kappa shape index (κ1) is 12.8. The lowest BCUT2D eigenvalue weighted by Gasteiger charge is -2.23. The molecule has 0 bridgehead atoms. The van der Waals surface area contributed by atoms with Gasteiger partial charge in [0.1, 0.15) is 6.04 Å². The van der Waals surface area contributed by atoms with Crippen LogP contribution in [0.25, 0.3) is 0 Å². The molecule has 2 N–H and O–H groups in total. The predicted molar refractivity (Wildman–Crippen MR) is 64.3 cm³/mol. The topological polar surface area (TPSA) is 49.3 Å². The van der Waals surface area contributed by atoms with Gasteiger partial charge in [0, 0.05) is 11.3 Å². The monoisotopic (exact) mass is 231 g/mol. The summed E-state index contributed by atoms with van der Waals surface area (Å²) in [5, 5.41) is 12.9. The van der Waals surface area contributed by atoms with Crippen LogP contribution in [0.4, 0.5) is 0 Å². The van der Waals surface area contributed by atoms with Gasteiger partial charge in [0.05, 0.1) is 0 Å². The number of hydrogen-bond acceptors (Lipinski definition) is 3. The van der Waals surface area contributed by atoms with Crippen molar-refractivity contribution in [2.75, 3.05) is 5.75 Å². The van der Waals surface area contributed by atoms with E-state index in [0.717, 1.165) is 12.2 Å². The van der Waals surface area contributed by atoms with Crippen LogP contribution < -0.4 is 5.32 Å². The van der Waals surface area contributed by atoms with E-state index in [1.54, 1.807) is 0 Å². The molecule has 1 aliphatic heterocycles. The Bertz CT molecular complexity index is 221. The van der Waals surface area contributed by atoms with Gasteiger partial charge in [0.25, 0.3) is 0 Å². The van der Waals surface area contributed by atoms with Crippen LogP contribution in [0.2, 0.25) is 0 Å². The quantitative estimate of drug-likeness (QED) is 0.759. The fourth-order valence-corrected chi connectivity index (χ4v) is 3.13. The van der Waals surface area contributed by atoms with E-state index < -0.39 is 5.97 Å². The van der Waals surface area contributed by atoms with Gasteiger partial charge in [-0.3, -0.25) is 4.79 Å². The molecule has 0 spiro atoms. The van der Waals surface area contributed by atoms with Crippen LogP contribution in [0.5, 0.6) is 0 Å². The average molecular weight is 231 g/mol. The van der Waals surface area contributed by atoms with Gasteiger partial charge in [-0.05, 0) is 24.5 Å². The molecule has 1 rings (SSSR count). The molecule has 88 valence electrons. The lowest BCUT2D eigenvalue weighted by Crippen LogP contribution is -2.46. The summed E-state index contributed by atoms with van der Waals surface area (Å²) in [5.41, 5.74) is 0. The molecule has 0 aromatic rings. The van der Waals surface area contributed by atoms with Crippen molar-refractivity contribution in [1.82, 2.24) is 5.32 Å². The molecule has 0 aromatic heterocycles. The Balaban J connectivity index is 2.46. The molecule has 1 heterocycles. The van der Waals surface area contributed by atoms with Crippen molar-refractivity contribution in [3.63, 3.8) is 0 Å². The molecule has 0 aliphatic carbocycles. The van der Waals surface area contributed by atoms with Crippen LogP contribution in [0.15, 0.2) is 0 Å². The van der Waals surface area contributed by atoms with Crippen molar-refractivity contribution in [1.29, 1.82) is 0 Å². The number of carboxylic acids is 1. The third-order valence-electron chi connectivity index (χ3n) is 2.80. The summed E-state index contributed by atoms with van der Waals surface area (Å²) in [6.45, 7) is 6.29. The highest BCUT2D eigenvalue weighted by molar-refractivity contribution is 8.00. The first-order chi connectivity index (χ1) is 7.00. The van der Waals surface area contributed by atoms with E-state index in [2.05, 4.69) is 26.1 Å². The summed E-state index contributed by atoms with van der Waals surface area (Å²) in [4.78, 5) is 11.1. The normalized spacial score (nSPS) is 28.3. The number of carbonyl (C=O) groups is 1. The predicted octanol–water partition coefficient (Wildman–Crippen LogP) is 1.97. The highest BCUT2D eigenvalue weighted by Gasteiger charge is 2.29. The summed E-state index contributed by atoms with van der Waals surface area (Å²) < 4.78 is 0. The second-order valence-electron chi connectivity index (χ2n) is 4.66. The van der Waals surface area contributed by atoms with Gasteiger partial charge in [-0.15, -0.1) is 0 Å². The standard InChI is InChI=1S/C11H21NO2S/c1-7(2)6-10(11(13)14)12-9-4-5-15-8(9)3/h7-10,12H,4-6H2,1-3H3,(H,13,14). The number of hydrogen-bond donors (Lipinski definition) is 2. The van der Waals surface area contributed by atoms with Crippen LogP contribution in [0.1, 0.15) is 33.6 Å². The zero-order valence-corrected chi connectivity index (χ0v) is 10.5. The van der Waals surface area contributed by atoms with Crippen LogP contribution in [0.3, 0.4) is 0 Å². The first-order valence-corrected chi connectivity index (χ1v) is 6.66. The molecule has 3 atom stereocenters. The van der Waals surface area contributed by atoms with E-state index in [0.29, 0.717) is 23.6 Å². The molecule has 0 saturated carbocycles. The Kier molecular flexibility index (Phi) is 4.93. The third kappa shape index (κ3) is 4.03. The molecule has 15 heavy (non-hydrogen) atoms. The molecular formula is C11H21NO2S. The smallest absolute Gasteiger partial charge is 0.320 e. The van der Waals surface area contributed by atoms with E-state index in [4.69, 9.17) is 5.11 Å². The SMILES string of the molecule is CC(C)CC(NC1CCSC1C)C(=O)O. The Labute approximate surface area is 96.0 Å². The maximum atomic E-state index is 11.1. The molecule has 3 nitrogen and oxygen atoms in total. The van der Waals surface area contributed by atoms with Gasteiger partial charge in [-0.25, -0.2) is 0 Å². The molecule has 0 amide bonds. The Morgan fingerprint density at radius 2 is 2.27 bits per heavy atom. The number of rotatable bonds is 5. The maximum absolute atomic E-state index is 11.1. The van der Waals surface area contributed by atoms with Crippen LogP contribution in [-0.4, -0.2) is 34.2 Å². The summed E-state index contributed by atoms with van der Waals surface area (Å²) >= 11 is 1.92. The minimum atomic E-state index is -0.715. The lowest BCUT2D eigenvalue weighted by molar-refractivity contribution is -0.140. The lowest BCUT2D eigenvalue weighted by atomic mass is 10.0. The second-order valence-corrected chi connectivity index (χ2v) is 6.14. The summed E-state index contributed by atoms with van der Waals surface area (Å²) in [5.74, 6) is 0.850. The van der Waals surface area contributed by atoms with Crippen molar-refractivity contribution in [2.45, 2.75) is 50.9 Å². The molecule has 0 aromatic carbocycles. The van der Waals surface area contributed by atoms with Crippen molar-refractivity contribution in [2.24, 2.45) is 5.92 Å². The van der Waals surface area contributed by atoms with Gasteiger partial charge in [0.2, 0.25) is 0 Å². The maximum Gasteiger partial charge on any atom is 0.320 e. The van der Waals surface area contributed by atoms with Gasteiger partial charge in [-0.1, -0.05) is 20.8 Å². The number of aliphatic carboxylic acids is 1. The highest BCUT2D eigenvalue weighted by Crippen LogP contribution is 2.26. The zero-order chi connectivity index (χ0) is 11.4. The van der Waals surface area contributed by atoms with Crippen molar-refractivity contribution in [3.05, 3.63) is 0 Å². The number of nitrogens with one attached hydrogen (secondary N) is 1.